The van der Waals surface area contributed by atoms with Crippen LogP contribution in [0.3, 0.4) is 0 Å². The van der Waals surface area contributed by atoms with Crippen molar-refractivity contribution in [3.63, 3.8) is 0 Å². The molecular weight excluding hydrogens is 250 g/mol. The molecule has 0 aliphatic carbocycles. The first-order valence-electron chi connectivity index (χ1n) is 6.26. The molecule has 0 amide bonds. The third kappa shape index (κ3) is 2.45. The molecule has 0 aliphatic rings. The highest BCUT2D eigenvalue weighted by Crippen LogP contribution is 2.33. The van der Waals surface area contributed by atoms with Gasteiger partial charge in [0.25, 0.3) is 0 Å². The molecule has 2 heteroatoms. The van der Waals surface area contributed by atoms with Crippen molar-refractivity contribution in [2.45, 2.75) is 16.7 Å². The summed E-state index contributed by atoms with van der Waals surface area (Å²) in [6, 6.07) is 21.0. The van der Waals surface area contributed by atoms with E-state index in [1.165, 1.54) is 20.6 Å². The Labute approximate surface area is 117 Å². The maximum atomic E-state index is 5.95. The van der Waals surface area contributed by atoms with E-state index in [2.05, 4.69) is 55.5 Å². The minimum Gasteiger partial charge on any atom is -0.398 e. The first-order chi connectivity index (χ1) is 9.24. The van der Waals surface area contributed by atoms with Crippen LogP contribution in [0.4, 0.5) is 5.69 Å². The van der Waals surface area contributed by atoms with Crippen LogP contribution in [0.15, 0.2) is 70.5 Å². The van der Waals surface area contributed by atoms with Crippen LogP contribution in [0.25, 0.3) is 10.8 Å². The summed E-state index contributed by atoms with van der Waals surface area (Å²) in [5, 5.41) is 2.55. The highest BCUT2D eigenvalue weighted by molar-refractivity contribution is 7.99. The number of nitrogen functional groups attached to an aromatic ring is 1. The van der Waals surface area contributed by atoms with Crippen molar-refractivity contribution >= 4 is 28.2 Å². The molecule has 3 aromatic rings. The van der Waals surface area contributed by atoms with Crippen LogP contribution in [0.5, 0.6) is 0 Å². The van der Waals surface area contributed by atoms with E-state index >= 15 is 0 Å². The molecule has 0 bridgehead atoms. The van der Waals surface area contributed by atoms with E-state index in [-0.39, 0.29) is 0 Å². The molecular formula is C17H15NS. The topological polar surface area (TPSA) is 26.0 Å². The Morgan fingerprint density at radius 3 is 2.47 bits per heavy atom. The molecule has 94 valence electrons. The van der Waals surface area contributed by atoms with Crippen molar-refractivity contribution in [2.24, 2.45) is 0 Å². The second-order valence-electron chi connectivity index (χ2n) is 4.58. The molecule has 0 saturated carbocycles. The van der Waals surface area contributed by atoms with E-state index < -0.39 is 0 Å². The summed E-state index contributed by atoms with van der Waals surface area (Å²) >= 11 is 1.76. The van der Waals surface area contributed by atoms with Crippen LogP contribution in [0.2, 0.25) is 0 Å². The van der Waals surface area contributed by atoms with Gasteiger partial charge in [-0.3, -0.25) is 0 Å². The number of benzene rings is 3. The van der Waals surface area contributed by atoms with Gasteiger partial charge in [-0.1, -0.05) is 48.2 Å². The quantitative estimate of drug-likeness (QED) is 0.668. The zero-order valence-electron chi connectivity index (χ0n) is 10.8. The van der Waals surface area contributed by atoms with Crippen LogP contribution < -0.4 is 5.73 Å². The van der Waals surface area contributed by atoms with E-state index in [0.29, 0.717) is 0 Å². The van der Waals surface area contributed by atoms with Crippen molar-refractivity contribution < 1.29 is 0 Å². The zero-order chi connectivity index (χ0) is 13.2. The lowest BCUT2D eigenvalue weighted by Gasteiger charge is -2.08. The van der Waals surface area contributed by atoms with Crippen LogP contribution in [-0.4, -0.2) is 0 Å². The molecule has 19 heavy (non-hydrogen) atoms. The fourth-order valence-corrected chi connectivity index (χ4v) is 3.09. The molecule has 1 nitrogen and oxygen atoms in total. The van der Waals surface area contributed by atoms with Gasteiger partial charge in [0.15, 0.2) is 0 Å². The highest BCUT2D eigenvalue weighted by Gasteiger charge is 2.04. The van der Waals surface area contributed by atoms with Crippen molar-refractivity contribution in [2.75, 3.05) is 5.73 Å². The number of hydrogen-bond donors (Lipinski definition) is 1. The van der Waals surface area contributed by atoms with Gasteiger partial charge in [0.05, 0.1) is 0 Å². The van der Waals surface area contributed by atoms with E-state index in [9.17, 15) is 0 Å². The van der Waals surface area contributed by atoms with Crippen molar-refractivity contribution in [3.8, 4) is 0 Å². The molecule has 0 radical (unpaired) electrons. The SMILES string of the molecule is Cc1c(N)cccc1Sc1ccc2ccccc2c1. The Hall–Kier alpha value is -1.93. The predicted octanol–water partition coefficient (Wildman–Crippen LogP) is 4.88. The standard InChI is InChI=1S/C17H15NS/c1-12-16(18)7-4-8-17(12)19-15-10-9-13-5-2-3-6-14(13)11-15/h2-11H,18H2,1H3. The fourth-order valence-electron chi connectivity index (χ4n) is 2.10. The maximum absolute atomic E-state index is 5.95. The molecule has 0 atom stereocenters. The Morgan fingerprint density at radius 1 is 0.842 bits per heavy atom. The molecule has 0 aromatic heterocycles. The molecule has 0 unspecified atom stereocenters. The number of nitrogens with two attached hydrogens (primary N) is 1. The second-order valence-corrected chi connectivity index (χ2v) is 5.70. The summed E-state index contributed by atoms with van der Waals surface area (Å²) in [5.41, 5.74) is 7.96. The average molecular weight is 265 g/mol. The Bertz CT molecular complexity index is 734. The Kier molecular flexibility index (Phi) is 3.18. The summed E-state index contributed by atoms with van der Waals surface area (Å²) in [6.45, 7) is 2.07. The van der Waals surface area contributed by atoms with Gasteiger partial charge in [-0.05, 0) is 47.5 Å². The highest BCUT2D eigenvalue weighted by atomic mass is 32.2. The van der Waals surface area contributed by atoms with Crippen molar-refractivity contribution in [1.29, 1.82) is 0 Å². The van der Waals surface area contributed by atoms with Gasteiger partial charge in [-0.15, -0.1) is 0 Å². The molecule has 3 rings (SSSR count). The molecule has 2 N–H and O–H groups in total. The van der Waals surface area contributed by atoms with Gasteiger partial charge in [0, 0.05) is 15.5 Å². The maximum Gasteiger partial charge on any atom is 0.0355 e. The third-order valence-corrected chi connectivity index (χ3v) is 4.43. The number of anilines is 1. The first-order valence-corrected chi connectivity index (χ1v) is 7.07. The van der Waals surface area contributed by atoms with Crippen LogP contribution in [-0.2, 0) is 0 Å². The summed E-state index contributed by atoms with van der Waals surface area (Å²) in [6.07, 6.45) is 0. The first kappa shape index (κ1) is 12.1. The summed E-state index contributed by atoms with van der Waals surface area (Å²) < 4.78 is 0. The van der Waals surface area contributed by atoms with E-state index in [0.717, 1.165) is 11.3 Å². The lowest BCUT2D eigenvalue weighted by molar-refractivity contribution is 1.30. The lowest BCUT2D eigenvalue weighted by atomic mass is 10.1. The molecule has 0 saturated heterocycles. The molecule has 0 spiro atoms. The van der Waals surface area contributed by atoms with Gasteiger partial charge in [-0.25, -0.2) is 0 Å². The summed E-state index contributed by atoms with van der Waals surface area (Å²) in [4.78, 5) is 2.46. The van der Waals surface area contributed by atoms with E-state index in [1.54, 1.807) is 11.8 Å². The molecule has 3 aromatic carbocycles. The van der Waals surface area contributed by atoms with Crippen LogP contribution in [0, 0.1) is 6.92 Å². The predicted molar refractivity (Wildman–Crippen MR) is 83.7 cm³/mol. The van der Waals surface area contributed by atoms with Gasteiger partial charge < -0.3 is 5.73 Å². The fraction of sp³-hybridized carbons (Fsp3) is 0.0588. The monoisotopic (exact) mass is 265 g/mol. The van der Waals surface area contributed by atoms with Gasteiger partial charge in [-0.2, -0.15) is 0 Å². The molecule has 0 aliphatic heterocycles. The van der Waals surface area contributed by atoms with Crippen LogP contribution in [0.1, 0.15) is 5.56 Å². The van der Waals surface area contributed by atoms with E-state index in [4.69, 9.17) is 5.73 Å². The van der Waals surface area contributed by atoms with Crippen LogP contribution >= 0.6 is 11.8 Å². The third-order valence-electron chi connectivity index (χ3n) is 3.27. The number of rotatable bonds is 2. The Balaban J connectivity index is 1.99. The molecule has 0 fully saturated rings. The van der Waals surface area contributed by atoms with Crippen molar-refractivity contribution in [3.05, 3.63) is 66.2 Å². The minimum absolute atomic E-state index is 0.853. The van der Waals surface area contributed by atoms with Crippen molar-refractivity contribution in [1.82, 2.24) is 0 Å². The Morgan fingerprint density at radius 2 is 1.63 bits per heavy atom. The molecule has 0 heterocycles. The van der Waals surface area contributed by atoms with E-state index in [1.807, 2.05) is 12.1 Å². The number of fused-ring (bicyclic) bond motifs is 1. The zero-order valence-corrected chi connectivity index (χ0v) is 11.6. The van der Waals surface area contributed by atoms with Gasteiger partial charge >= 0.3 is 0 Å². The number of hydrogen-bond acceptors (Lipinski definition) is 2. The summed E-state index contributed by atoms with van der Waals surface area (Å²) in [5.74, 6) is 0. The second kappa shape index (κ2) is 4.98. The van der Waals surface area contributed by atoms with Gasteiger partial charge in [0.1, 0.15) is 0 Å². The average Bonchev–Trinajstić information content (AvgIpc) is 2.44. The summed E-state index contributed by atoms with van der Waals surface area (Å²) in [7, 11) is 0. The van der Waals surface area contributed by atoms with Gasteiger partial charge in [0.2, 0.25) is 0 Å². The minimum atomic E-state index is 0.853. The smallest absolute Gasteiger partial charge is 0.0355 e. The normalized spacial score (nSPS) is 10.8. The largest absolute Gasteiger partial charge is 0.398 e. The lowest BCUT2D eigenvalue weighted by Crippen LogP contribution is -1.90.